The van der Waals surface area contributed by atoms with Gasteiger partial charge < -0.3 is 0 Å². The fraction of sp³-hybridized carbons (Fsp3) is 0.500. The van der Waals surface area contributed by atoms with E-state index in [0.717, 1.165) is 11.2 Å². The average Bonchev–Trinajstić information content (AvgIpc) is 2.32. The first-order chi connectivity index (χ1) is 5.04. The molecule has 1 rings (SSSR count). The molecule has 0 fully saturated rings. The molecule has 0 saturated carbocycles. The van der Waals surface area contributed by atoms with Gasteiger partial charge in [-0.3, -0.25) is 4.79 Å². The molecular formula is C8H11NOS. The van der Waals surface area contributed by atoms with Gasteiger partial charge in [0.15, 0.2) is 11.3 Å². The lowest BCUT2D eigenvalue weighted by Gasteiger charge is -2.13. The van der Waals surface area contributed by atoms with Gasteiger partial charge in [-0.15, -0.1) is 11.3 Å². The van der Waals surface area contributed by atoms with E-state index in [-0.39, 0.29) is 5.41 Å². The Kier molecular flexibility index (Phi) is 2.09. The molecule has 1 heterocycles. The highest BCUT2D eigenvalue weighted by molar-refractivity contribution is 7.13. The summed E-state index contributed by atoms with van der Waals surface area (Å²) in [5, 5.41) is 0.565. The molecule has 0 aliphatic rings. The Morgan fingerprint density at radius 1 is 1.55 bits per heavy atom. The van der Waals surface area contributed by atoms with Gasteiger partial charge in [0.1, 0.15) is 0 Å². The standard InChI is InChI=1S/C8H11NOS/c1-8(2,3)6-4-9-7(5-10)11-6/h4-5H,1-3H3. The van der Waals surface area contributed by atoms with E-state index in [2.05, 4.69) is 25.8 Å². The number of thiazole rings is 1. The van der Waals surface area contributed by atoms with Crippen molar-refractivity contribution in [1.82, 2.24) is 4.98 Å². The van der Waals surface area contributed by atoms with Crippen molar-refractivity contribution in [2.45, 2.75) is 26.2 Å². The molecule has 1 aromatic heterocycles. The maximum Gasteiger partial charge on any atom is 0.178 e. The van der Waals surface area contributed by atoms with Crippen LogP contribution in [0.5, 0.6) is 0 Å². The van der Waals surface area contributed by atoms with Crippen LogP contribution in [0.1, 0.15) is 35.5 Å². The molecular weight excluding hydrogens is 158 g/mol. The maximum atomic E-state index is 10.3. The number of carbonyl (C=O) groups is 1. The first-order valence-corrected chi connectivity index (χ1v) is 4.27. The number of aldehydes is 1. The van der Waals surface area contributed by atoms with E-state index in [1.54, 1.807) is 6.20 Å². The van der Waals surface area contributed by atoms with Crippen molar-refractivity contribution in [3.8, 4) is 0 Å². The number of hydrogen-bond donors (Lipinski definition) is 0. The van der Waals surface area contributed by atoms with Gasteiger partial charge in [0, 0.05) is 11.1 Å². The summed E-state index contributed by atoms with van der Waals surface area (Å²) in [5.41, 5.74) is 0.110. The Morgan fingerprint density at radius 2 is 2.18 bits per heavy atom. The van der Waals surface area contributed by atoms with Crippen molar-refractivity contribution in [3.05, 3.63) is 16.1 Å². The van der Waals surface area contributed by atoms with Crippen LogP contribution in [0.25, 0.3) is 0 Å². The molecule has 0 saturated heterocycles. The molecule has 0 unspecified atom stereocenters. The van der Waals surface area contributed by atoms with Gasteiger partial charge in [0.2, 0.25) is 0 Å². The minimum atomic E-state index is 0.110. The highest BCUT2D eigenvalue weighted by atomic mass is 32.1. The third kappa shape index (κ3) is 1.87. The van der Waals surface area contributed by atoms with Gasteiger partial charge in [-0.2, -0.15) is 0 Å². The Balaban J connectivity index is 2.98. The summed E-state index contributed by atoms with van der Waals surface area (Å²) < 4.78 is 0. The van der Waals surface area contributed by atoms with Gasteiger partial charge in [-0.1, -0.05) is 20.8 Å². The molecule has 0 aromatic carbocycles. The summed E-state index contributed by atoms with van der Waals surface area (Å²) >= 11 is 1.46. The van der Waals surface area contributed by atoms with Gasteiger partial charge in [-0.05, 0) is 5.41 Å². The number of aromatic nitrogens is 1. The fourth-order valence-electron chi connectivity index (χ4n) is 0.689. The van der Waals surface area contributed by atoms with Crippen LogP contribution in [0.3, 0.4) is 0 Å². The van der Waals surface area contributed by atoms with E-state index >= 15 is 0 Å². The molecule has 0 aliphatic heterocycles. The Morgan fingerprint density at radius 3 is 2.45 bits per heavy atom. The van der Waals surface area contributed by atoms with Crippen molar-refractivity contribution in [2.24, 2.45) is 0 Å². The average molecular weight is 169 g/mol. The van der Waals surface area contributed by atoms with E-state index in [9.17, 15) is 4.79 Å². The number of carbonyl (C=O) groups excluding carboxylic acids is 1. The smallest absolute Gasteiger partial charge is 0.178 e. The second-order valence-corrected chi connectivity index (χ2v) is 4.49. The summed E-state index contributed by atoms with van der Waals surface area (Å²) in [7, 11) is 0. The van der Waals surface area contributed by atoms with Crippen molar-refractivity contribution in [1.29, 1.82) is 0 Å². The molecule has 1 aromatic rings. The minimum Gasteiger partial charge on any atom is -0.295 e. The quantitative estimate of drug-likeness (QED) is 0.603. The molecule has 2 nitrogen and oxygen atoms in total. The van der Waals surface area contributed by atoms with Crippen molar-refractivity contribution < 1.29 is 4.79 Å². The summed E-state index contributed by atoms with van der Waals surface area (Å²) in [6, 6.07) is 0. The lowest BCUT2D eigenvalue weighted by atomic mass is 9.96. The van der Waals surface area contributed by atoms with Crippen LogP contribution in [0.4, 0.5) is 0 Å². The second-order valence-electron chi connectivity index (χ2n) is 3.43. The van der Waals surface area contributed by atoms with Crippen molar-refractivity contribution in [3.63, 3.8) is 0 Å². The Labute approximate surface area is 70.3 Å². The first-order valence-electron chi connectivity index (χ1n) is 3.45. The summed E-state index contributed by atoms with van der Waals surface area (Å²) in [6.45, 7) is 6.32. The first kappa shape index (κ1) is 8.40. The molecule has 11 heavy (non-hydrogen) atoms. The van der Waals surface area contributed by atoms with Crippen molar-refractivity contribution >= 4 is 17.6 Å². The van der Waals surface area contributed by atoms with Crippen LogP contribution in [0, 0.1) is 0 Å². The van der Waals surface area contributed by atoms with Crippen LogP contribution in [-0.4, -0.2) is 11.3 Å². The predicted molar refractivity (Wildman–Crippen MR) is 46.2 cm³/mol. The molecule has 0 amide bonds. The SMILES string of the molecule is CC(C)(C)c1cnc(C=O)s1. The van der Waals surface area contributed by atoms with Gasteiger partial charge in [-0.25, -0.2) is 4.98 Å². The van der Waals surface area contributed by atoms with Crippen molar-refractivity contribution in [2.75, 3.05) is 0 Å². The third-order valence-corrected chi connectivity index (χ3v) is 2.71. The fourth-order valence-corrected chi connectivity index (χ4v) is 1.48. The molecule has 0 radical (unpaired) electrons. The number of hydrogen-bond acceptors (Lipinski definition) is 3. The monoisotopic (exact) mass is 169 g/mol. The highest BCUT2D eigenvalue weighted by Crippen LogP contribution is 2.26. The third-order valence-electron chi connectivity index (χ3n) is 1.36. The molecule has 0 spiro atoms. The number of nitrogens with zero attached hydrogens (tertiary/aromatic N) is 1. The maximum absolute atomic E-state index is 10.3. The van der Waals surface area contributed by atoms with Crippen LogP contribution >= 0.6 is 11.3 Å². The lowest BCUT2D eigenvalue weighted by molar-refractivity contribution is 0.112. The summed E-state index contributed by atoms with van der Waals surface area (Å²) in [5.74, 6) is 0. The molecule has 0 atom stereocenters. The largest absolute Gasteiger partial charge is 0.295 e. The van der Waals surface area contributed by atoms with E-state index in [0.29, 0.717) is 5.01 Å². The zero-order chi connectivity index (χ0) is 8.48. The van der Waals surface area contributed by atoms with Crippen LogP contribution in [0.2, 0.25) is 0 Å². The Hall–Kier alpha value is -0.700. The molecule has 60 valence electrons. The molecule has 0 N–H and O–H groups in total. The normalized spacial score (nSPS) is 11.5. The van der Waals surface area contributed by atoms with E-state index in [1.807, 2.05) is 0 Å². The lowest BCUT2D eigenvalue weighted by Crippen LogP contribution is -2.07. The van der Waals surface area contributed by atoms with Crippen LogP contribution in [0.15, 0.2) is 6.20 Å². The van der Waals surface area contributed by atoms with Gasteiger partial charge in [0.25, 0.3) is 0 Å². The van der Waals surface area contributed by atoms with Crippen LogP contribution < -0.4 is 0 Å². The second kappa shape index (κ2) is 2.74. The van der Waals surface area contributed by atoms with Crippen LogP contribution in [-0.2, 0) is 5.41 Å². The van der Waals surface area contributed by atoms with E-state index < -0.39 is 0 Å². The van der Waals surface area contributed by atoms with E-state index in [1.165, 1.54) is 11.3 Å². The van der Waals surface area contributed by atoms with E-state index in [4.69, 9.17) is 0 Å². The number of rotatable bonds is 1. The van der Waals surface area contributed by atoms with Gasteiger partial charge in [0.05, 0.1) is 0 Å². The zero-order valence-corrected chi connectivity index (χ0v) is 7.73. The minimum absolute atomic E-state index is 0.110. The Bertz CT molecular complexity index is 259. The molecule has 0 aliphatic carbocycles. The predicted octanol–water partition coefficient (Wildman–Crippen LogP) is 2.25. The summed E-state index contributed by atoms with van der Waals surface area (Å²) in [6.07, 6.45) is 2.56. The molecule has 3 heteroatoms. The topological polar surface area (TPSA) is 30.0 Å². The highest BCUT2D eigenvalue weighted by Gasteiger charge is 2.16. The molecule has 0 bridgehead atoms. The zero-order valence-electron chi connectivity index (χ0n) is 6.92. The van der Waals surface area contributed by atoms with Gasteiger partial charge >= 0.3 is 0 Å². The summed E-state index contributed by atoms with van der Waals surface area (Å²) in [4.78, 5) is 15.4.